The van der Waals surface area contributed by atoms with Crippen molar-refractivity contribution in [3.63, 3.8) is 0 Å². The van der Waals surface area contributed by atoms with Crippen molar-refractivity contribution < 1.29 is 4.52 Å². The van der Waals surface area contributed by atoms with Crippen molar-refractivity contribution in [3.8, 4) is 11.4 Å². The van der Waals surface area contributed by atoms with Crippen molar-refractivity contribution >= 4 is 17.3 Å². The van der Waals surface area contributed by atoms with Crippen molar-refractivity contribution in [2.75, 3.05) is 5.32 Å². The van der Waals surface area contributed by atoms with E-state index in [1.165, 1.54) is 5.56 Å². The minimum absolute atomic E-state index is 0.492. The fourth-order valence-electron chi connectivity index (χ4n) is 1.98. The SMILES string of the molecule is Cc1ccccc1NCc1nc(-c2ccc(Cl)cc2)no1. The molecule has 0 amide bonds. The second-order valence-corrected chi connectivity index (χ2v) is 5.12. The molecule has 0 aliphatic rings. The predicted octanol–water partition coefficient (Wildman–Crippen LogP) is 4.31. The van der Waals surface area contributed by atoms with Gasteiger partial charge in [0.2, 0.25) is 11.7 Å². The summed E-state index contributed by atoms with van der Waals surface area (Å²) in [5.41, 5.74) is 3.11. The standard InChI is InChI=1S/C16H14ClN3O/c1-11-4-2-3-5-14(11)18-10-15-19-16(20-21-15)12-6-8-13(17)9-7-12/h2-9,18H,10H2,1H3. The molecule has 0 unspecified atom stereocenters. The molecule has 3 rings (SSSR count). The largest absolute Gasteiger partial charge is 0.376 e. The molecular formula is C16H14ClN3O. The fourth-order valence-corrected chi connectivity index (χ4v) is 2.11. The van der Waals surface area contributed by atoms with Crippen LogP contribution in [-0.4, -0.2) is 10.1 Å². The number of hydrogen-bond acceptors (Lipinski definition) is 4. The van der Waals surface area contributed by atoms with E-state index in [1.807, 2.05) is 30.3 Å². The highest BCUT2D eigenvalue weighted by Crippen LogP contribution is 2.19. The Morgan fingerprint density at radius 1 is 1.10 bits per heavy atom. The molecule has 0 aliphatic heterocycles. The molecule has 0 bridgehead atoms. The van der Waals surface area contributed by atoms with Crippen molar-refractivity contribution in [2.45, 2.75) is 13.5 Å². The Kier molecular flexibility index (Phi) is 3.88. The topological polar surface area (TPSA) is 51.0 Å². The highest BCUT2D eigenvalue weighted by atomic mass is 35.5. The van der Waals surface area contributed by atoms with Crippen molar-refractivity contribution in [2.24, 2.45) is 0 Å². The van der Waals surface area contributed by atoms with Gasteiger partial charge in [-0.15, -0.1) is 0 Å². The molecule has 1 heterocycles. The zero-order chi connectivity index (χ0) is 14.7. The van der Waals surface area contributed by atoms with Gasteiger partial charge in [0.15, 0.2) is 0 Å². The van der Waals surface area contributed by atoms with Gasteiger partial charge in [-0.05, 0) is 42.8 Å². The fraction of sp³-hybridized carbons (Fsp3) is 0.125. The van der Waals surface area contributed by atoms with Gasteiger partial charge in [0.05, 0.1) is 6.54 Å². The van der Waals surface area contributed by atoms with E-state index in [9.17, 15) is 0 Å². The van der Waals surface area contributed by atoms with E-state index in [0.29, 0.717) is 23.3 Å². The number of nitrogens with one attached hydrogen (secondary N) is 1. The van der Waals surface area contributed by atoms with E-state index in [1.54, 1.807) is 12.1 Å². The molecule has 0 aliphatic carbocycles. The average Bonchev–Trinajstić information content (AvgIpc) is 2.96. The predicted molar refractivity (Wildman–Crippen MR) is 83.2 cm³/mol. The molecule has 0 atom stereocenters. The third-order valence-electron chi connectivity index (χ3n) is 3.15. The number of rotatable bonds is 4. The lowest BCUT2D eigenvalue weighted by Crippen LogP contribution is -2.01. The number of benzene rings is 2. The first-order valence-corrected chi connectivity index (χ1v) is 6.98. The van der Waals surface area contributed by atoms with Gasteiger partial charge in [-0.1, -0.05) is 35.0 Å². The molecule has 21 heavy (non-hydrogen) atoms. The maximum atomic E-state index is 5.86. The molecule has 4 nitrogen and oxygen atoms in total. The summed E-state index contributed by atoms with van der Waals surface area (Å²) >= 11 is 5.86. The van der Waals surface area contributed by atoms with Crippen LogP contribution in [0.15, 0.2) is 53.1 Å². The normalized spacial score (nSPS) is 10.6. The Hall–Kier alpha value is -2.33. The van der Waals surface area contributed by atoms with E-state index >= 15 is 0 Å². The van der Waals surface area contributed by atoms with Gasteiger partial charge in [0, 0.05) is 16.3 Å². The van der Waals surface area contributed by atoms with Crippen LogP contribution in [0.2, 0.25) is 5.02 Å². The van der Waals surface area contributed by atoms with Crippen LogP contribution in [0.5, 0.6) is 0 Å². The summed E-state index contributed by atoms with van der Waals surface area (Å²) in [6, 6.07) is 15.4. The van der Waals surface area contributed by atoms with Crippen LogP contribution < -0.4 is 5.32 Å². The smallest absolute Gasteiger partial charge is 0.246 e. The number of para-hydroxylation sites is 1. The molecule has 1 aromatic heterocycles. The highest BCUT2D eigenvalue weighted by Gasteiger charge is 2.08. The van der Waals surface area contributed by atoms with Crippen LogP contribution in [0.1, 0.15) is 11.5 Å². The van der Waals surface area contributed by atoms with E-state index in [2.05, 4.69) is 28.4 Å². The van der Waals surface area contributed by atoms with E-state index in [0.717, 1.165) is 11.3 Å². The van der Waals surface area contributed by atoms with Crippen LogP contribution in [0.3, 0.4) is 0 Å². The van der Waals surface area contributed by atoms with Crippen LogP contribution >= 0.6 is 11.6 Å². The summed E-state index contributed by atoms with van der Waals surface area (Å²) in [4.78, 5) is 4.37. The summed E-state index contributed by atoms with van der Waals surface area (Å²) in [7, 11) is 0. The van der Waals surface area contributed by atoms with Gasteiger partial charge in [-0.3, -0.25) is 0 Å². The van der Waals surface area contributed by atoms with Gasteiger partial charge in [-0.2, -0.15) is 4.98 Å². The van der Waals surface area contributed by atoms with Gasteiger partial charge in [0.25, 0.3) is 0 Å². The second kappa shape index (κ2) is 5.97. The zero-order valence-corrected chi connectivity index (χ0v) is 12.3. The van der Waals surface area contributed by atoms with Gasteiger partial charge in [0.1, 0.15) is 0 Å². The van der Waals surface area contributed by atoms with Gasteiger partial charge >= 0.3 is 0 Å². The molecule has 0 saturated carbocycles. The van der Waals surface area contributed by atoms with Crippen molar-refractivity contribution in [1.82, 2.24) is 10.1 Å². The van der Waals surface area contributed by atoms with Gasteiger partial charge in [-0.25, -0.2) is 0 Å². The summed E-state index contributed by atoms with van der Waals surface area (Å²) in [5, 5.41) is 7.95. The Morgan fingerprint density at radius 2 is 1.86 bits per heavy atom. The molecule has 106 valence electrons. The summed E-state index contributed by atoms with van der Waals surface area (Å²) in [5.74, 6) is 1.11. The molecule has 0 fully saturated rings. The summed E-state index contributed by atoms with van der Waals surface area (Å²) < 4.78 is 5.25. The lowest BCUT2D eigenvalue weighted by Gasteiger charge is -2.05. The Bertz CT molecular complexity index is 737. The van der Waals surface area contributed by atoms with Crippen molar-refractivity contribution in [3.05, 3.63) is 65.0 Å². The van der Waals surface area contributed by atoms with Crippen LogP contribution in [-0.2, 0) is 6.54 Å². The van der Waals surface area contributed by atoms with E-state index < -0.39 is 0 Å². The van der Waals surface area contributed by atoms with E-state index in [-0.39, 0.29) is 0 Å². The Labute approximate surface area is 127 Å². The number of hydrogen-bond donors (Lipinski definition) is 1. The average molecular weight is 300 g/mol. The zero-order valence-electron chi connectivity index (χ0n) is 11.5. The number of anilines is 1. The third kappa shape index (κ3) is 3.23. The third-order valence-corrected chi connectivity index (χ3v) is 3.40. The number of nitrogens with zero attached hydrogens (tertiary/aromatic N) is 2. The maximum Gasteiger partial charge on any atom is 0.246 e. The lowest BCUT2D eigenvalue weighted by atomic mass is 10.2. The molecular weight excluding hydrogens is 286 g/mol. The minimum Gasteiger partial charge on any atom is -0.376 e. The molecule has 3 aromatic rings. The van der Waals surface area contributed by atoms with Crippen LogP contribution in [0.25, 0.3) is 11.4 Å². The molecule has 2 aromatic carbocycles. The van der Waals surface area contributed by atoms with Crippen molar-refractivity contribution in [1.29, 1.82) is 0 Å². The first-order valence-electron chi connectivity index (χ1n) is 6.60. The first-order chi connectivity index (χ1) is 10.2. The van der Waals surface area contributed by atoms with Crippen LogP contribution in [0.4, 0.5) is 5.69 Å². The van der Waals surface area contributed by atoms with Gasteiger partial charge < -0.3 is 9.84 Å². The molecule has 0 radical (unpaired) electrons. The second-order valence-electron chi connectivity index (χ2n) is 4.69. The molecule has 5 heteroatoms. The highest BCUT2D eigenvalue weighted by molar-refractivity contribution is 6.30. The lowest BCUT2D eigenvalue weighted by molar-refractivity contribution is 0.384. The molecule has 1 N–H and O–H groups in total. The maximum absolute atomic E-state index is 5.86. The quantitative estimate of drug-likeness (QED) is 0.780. The van der Waals surface area contributed by atoms with E-state index in [4.69, 9.17) is 16.1 Å². The molecule has 0 saturated heterocycles. The summed E-state index contributed by atoms with van der Waals surface area (Å²) in [6.07, 6.45) is 0. The number of aromatic nitrogens is 2. The van der Waals surface area contributed by atoms with Crippen LogP contribution in [0, 0.1) is 6.92 Å². The Morgan fingerprint density at radius 3 is 2.62 bits per heavy atom. The first kappa shape index (κ1) is 13.6. The molecule has 0 spiro atoms. The number of aryl methyl sites for hydroxylation is 1. The summed E-state index contributed by atoms with van der Waals surface area (Å²) in [6.45, 7) is 2.54. The monoisotopic (exact) mass is 299 g/mol. The number of halogens is 1. The minimum atomic E-state index is 0.492. The Balaban J connectivity index is 1.71.